The lowest BCUT2D eigenvalue weighted by molar-refractivity contribution is 0.707. The highest BCUT2D eigenvalue weighted by atomic mass is 32.2. The fraction of sp³-hybridized carbons (Fsp3) is 0.222. The lowest BCUT2D eigenvalue weighted by atomic mass is 10.1. The smallest absolute Gasteiger partial charge is 0.0543 e. The molecule has 3 aromatic rings. The Bertz CT molecular complexity index is 785. The summed E-state index contributed by atoms with van der Waals surface area (Å²) in [5, 5.41) is 1.43. The Morgan fingerprint density at radius 1 is 1.05 bits per heavy atom. The summed E-state index contributed by atoms with van der Waals surface area (Å²) in [4.78, 5) is 1.42. The molecule has 0 unspecified atom stereocenters. The molecule has 2 aromatic carbocycles. The molecule has 0 aliphatic carbocycles. The summed E-state index contributed by atoms with van der Waals surface area (Å²) < 4.78 is 2.52. The van der Waals surface area contributed by atoms with Crippen LogP contribution >= 0.6 is 11.8 Å². The first kappa shape index (κ1) is 12.1. The van der Waals surface area contributed by atoms with Crippen molar-refractivity contribution in [2.45, 2.75) is 30.5 Å². The molecule has 1 aliphatic rings. The summed E-state index contributed by atoms with van der Waals surface area (Å²) in [7, 11) is 0. The number of nitrogens with zero attached hydrogens (tertiary/aromatic N) is 1. The minimum Gasteiger partial charge on any atom is -0.340 e. The molecule has 0 fully saturated rings. The SMILES string of the molecule is CCCn1c2c(c3ccccc31)CSc1ccccc1-2. The van der Waals surface area contributed by atoms with Gasteiger partial charge in [0.2, 0.25) is 0 Å². The van der Waals surface area contributed by atoms with Gasteiger partial charge in [0.25, 0.3) is 0 Å². The van der Waals surface area contributed by atoms with E-state index in [1.54, 1.807) is 0 Å². The number of hydrogen-bond acceptors (Lipinski definition) is 1. The van der Waals surface area contributed by atoms with Crippen LogP contribution in [0.2, 0.25) is 0 Å². The van der Waals surface area contributed by atoms with Gasteiger partial charge in [-0.05, 0) is 24.1 Å². The normalized spacial score (nSPS) is 13.2. The third-order valence-corrected chi connectivity index (χ3v) is 5.14. The molecule has 2 heteroatoms. The number of thioether (sulfide) groups is 1. The van der Waals surface area contributed by atoms with Crippen LogP contribution in [-0.2, 0) is 12.3 Å². The van der Waals surface area contributed by atoms with E-state index in [1.165, 1.54) is 39.0 Å². The van der Waals surface area contributed by atoms with Crippen LogP contribution in [0.3, 0.4) is 0 Å². The molecule has 1 aromatic heterocycles. The summed E-state index contributed by atoms with van der Waals surface area (Å²) >= 11 is 1.96. The standard InChI is InChI=1S/C18H17NS/c1-2-11-19-16-9-5-3-7-13(16)15-12-20-17-10-6-4-8-14(17)18(15)19/h3-10H,2,11-12H2,1H3. The summed E-state index contributed by atoms with van der Waals surface area (Å²) in [6.45, 7) is 3.35. The van der Waals surface area contributed by atoms with Crippen molar-refractivity contribution in [1.82, 2.24) is 4.57 Å². The van der Waals surface area contributed by atoms with E-state index >= 15 is 0 Å². The molecule has 0 radical (unpaired) electrons. The van der Waals surface area contributed by atoms with E-state index in [1.807, 2.05) is 11.8 Å². The minimum absolute atomic E-state index is 1.09. The van der Waals surface area contributed by atoms with Crippen molar-refractivity contribution < 1.29 is 0 Å². The average Bonchev–Trinajstić information content (AvgIpc) is 2.83. The second-order valence-electron chi connectivity index (χ2n) is 5.28. The van der Waals surface area contributed by atoms with Crippen LogP contribution in [0.25, 0.3) is 22.2 Å². The van der Waals surface area contributed by atoms with Gasteiger partial charge in [-0.25, -0.2) is 0 Å². The minimum atomic E-state index is 1.09. The van der Waals surface area contributed by atoms with E-state index in [2.05, 4.69) is 60.0 Å². The quantitative estimate of drug-likeness (QED) is 0.614. The van der Waals surface area contributed by atoms with Gasteiger partial charge in [0.15, 0.2) is 0 Å². The highest BCUT2D eigenvalue weighted by Crippen LogP contribution is 2.45. The number of rotatable bonds is 2. The van der Waals surface area contributed by atoms with Gasteiger partial charge in [-0.15, -0.1) is 11.8 Å². The van der Waals surface area contributed by atoms with E-state index in [0.717, 1.165) is 12.3 Å². The van der Waals surface area contributed by atoms with Crippen LogP contribution in [0, 0.1) is 0 Å². The zero-order valence-electron chi connectivity index (χ0n) is 11.6. The van der Waals surface area contributed by atoms with Crippen molar-refractivity contribution >= 4 is 22.7 Å². The molecule has 1 nitrogen and oxygen atoms in total. The van der Waals surface area contributed by atoms with E-state index < -0.39 is 0 Å². The van der Waals surface area contributed by atoms with Crippen molar-refractivity contribution in [2.24, 2.45) is 0 Å². The zero-order chi connectivity index (χ0) is 13.5. The molecule has 0 saturated carbocycles. The summed E-state index contributed by atoms with van der Waals surface area (Å²) in [5.41, 5.74) is 5.75. The number of hydrogen-bond donors (Lipinski definition) is 0. The predicted molar refractivity (Wildman–Crippen MR) is 87.2 cm³/mol. The summed E-state index contributed by atoms with van der Waals surface area (Å²) in [5.74, 6) is 1.09. The molecule has 2 heterocycles. The average molecular weight is 279 g/mol. The van der Waals surface area contributed by atoms with Gasteiger partial charge in [-0.3, -0.25) is 0 Å². The molecule has 100 valence electrons. The Kier molecular flexibility index (Phi) is 2.85. The second kappa shape index (κ2) is 4.71. The molecule has 4 rings (SSSR count). The highest BCUT2D eigenvalue weighted by Gasteiger charge is 2.23. The van der Waals surface area contributed by atoms with Crippen molar-refractivity contribution in [1.29, 1.82) is 0 Å². The summed E-state index contributed by atoms with van der Waals surface area (Å²) in [6.07, 6.45) is 1.17. The van der Waals surface area contributed by atoms with Gasteiger partial charge in [0.05, 0.1) is 5.69 Å². The topological polar surface area (TPSA) is 4.93 Å². The molecular formula is C18H17NS. The Labute approximate surface area is 123 Å². The van der Waals surface area contributed by atoms with Gasteiger partial charge in [0, 0.05) is 33.7 Å². The number of para-hydroxylation sites is 1. The van der Waals surface area contributed by atoms with Crippen molar-refractivity contribution in [2.75, 3.05) is 0 Å². The van der Waals surface area contributed by atoms with Crippen LogP contribution in [0.5, 0.6) is 0 Å². The maximum Gasteiger partial charge on any atom is 0.0543 e. The first-order valence-electron chi connectivity index (χ1n) is 7.22. The number of benzene rings is 2. The number of fused-ring (bicyclic) bond motifs is 5. The van der Waals surface area contributed by atoms with E-state index in [4.69, 9.17) is 0 Å². The molecule has 0 N–H and O–H groups in total. The van der Waals surface area contributed by atoms with E-state index in [0.29, 0.717) is 0 Å². The lowest BCUT2D eigenvalue weighted by Gasteiger charge is -2.19. The first-order valence-corrected chi connectivity index (χ1v) is 8.21. The van der Waals surface area contributed by atoms with Crippen LogP contribution < -0.4 is 0 Å². The Balaban J connectivity index is 2.10. The van der Waals surface area contributed by atoms with E-state index in [-0.39, 0.29) is 0 Å². The maximum absolute atomic E-state index is 2.52. The van der Waals surface area contributed by atoms with Crippen LogP contribution in [0.15, 0.2) is 53.4 Å². The molecule has 1 aliphatic heterocycles. The largest absolute Gasteiger partial charge is 0.340 e. The van der Waals surface area contributed by atoms with Crippen molar-refractivity contribution in [3.05, 3.63) is 54.1 Å². The van der Waals surface area contributed by atoms with Gasteiger partial charge in [-0.1, -0.05) is 43.3 Å². The monoisotopic (exact) mass is 279 g/mol. The van der Waals surface area contributed by atoms with Gasteiger partial charge >= 0.3 is 0 Å². The van der Waals surface area contributed by atoms with E-state index in [9.17, 15) is 0 Å². The zero-order valence-corrected chi connectivity index (χ0v) is 12.4. The van der Waals surface area contributed by atoms with Crippen molar-refractivity contribution in [3.63, 3.8) is 0 Å². The number of aryl methyl sites for hydroxylation is 1. The Morgan fingerprint density at radius 3 is 2.75 bits per heavy atom. The Hall–Kier alpha value is -1.67. The highest BCUT2D eigenvalue weighted by molar-refractivity contribution is 7.98. The van der Waals surface area contributed by atoms with Gasteiger partial charge in [-0.2, -0.15) is 0 Å². The van der Waals surface area contributed by atoms with Crippen LogP contribution in [0.4, 0.5) is 0 Å². The molecule has 0 atom stereocenters. The van der Waals surface area contributed by atoms with Crippen LogP contribution in [-0.4, -0.2) is 4.57 Å². The predicted octanol–water partition coefficient (Wildman–Crippen LogP) is 5.32. The van der Waals surface area contributed by atoms with Gasteiger partial charge < -0.3 is 4.57 Å². The fourth-order valence-corrected chi connectivity index (χ4v) is 4.31. The molecular weight excluding hydrogens is 262 g/mol. The Morgan fingerprint density at radius 2 is 1.85 bits per heavy atom. The maximum atomic E-state index is 2.52. The van der Waals surface area contributed by atoms with Crippen molar-refractivity contribution in [3.8, 4) is 11.3 Å². The fourth-order valence-electron chi connectivity index (χ4n) is 3.22. The van der Waals surface area contributed by atoms with Gasteiger partial charge in [0.1, 0.15) is 0 Å². The molecule has 0 amide bonds. The molecule has 0 bridgehead atoms. The number of aromatic nitrogens is 1. The summed E-state index contributed by atoms with van der Waals surface area (Å²) in [6, 6.07) is 17.7. The molecule has 0 saturated heterocycles. The second-order valence-corrected chi connectivity index (χ2v) is 6.30. The third-order valence-electron chi connectivity index (χ3n) is 4.04. The molecule has 0 spiro atoms. The first-order chi connectivity index (χ1) is 9.90. The van der Waals surface area contributed by atoms with Crippen LogP contribution in [0.1, 0.15) is 18.9 Å². The molecule has 20 heavy (non-hydrogen) atoms. The third kappa shape index (κ3) is 1.64. The lowest BCUT2D eigenvalue weighted by Crippen LogP contribution is -2.03.